The minimum absolute atomic E-state index is 0.143. The number of aryl methyl sites for hydroxylation is 1. The van der Waals surface area contributed by atoms with Crippen LogP contribution >= 0.6 is 23.2 Å². The summed E-state index contributed by atoms with van der Waals surface area (Å²) in [6, 6.07) is 8.15. The summed E-state index contributed by atoms with van der Waals surface area (Å²) in [7, 11) is 1.55. The maximum Gasteiger partial charge on any atom is 0.344 e. The summed E-state index contributed by atoms with van der Waals surface area (Å²) in [5, 5.41) is 3.02. The molecule has 0 atom stereocenters. The van der Waals surface area contributed by atoms with Gasteiger partial charge in [0.05, 0.1) is 22.8 Å². The van der Waals surface area contributed by atoms with Crippen LogP contribution in [0.15, 0.2) is 30.3 Å². The van der Waals surface area contributed by atoms with Crippen LogP contribution < -0.4 is 14.8 Å². The molecule has 1 N–H and O–H groups in total. The van der Waals surface area contributed by atoms with E-state index in [0.717, 1.165) is 0 Å². The van der Waals surface area contributed by atoms with Gasteiger partial charge >= 0.3 is 5.97 Å². The zero-order chi connectivity index (χ0) is 19.1. The van der Waals surface area contributed by atoms with Crippen molar-refractivity contribution in [1.29, 1.82) is 0 Å². The number of rotatable bonds is 7. The van der Waals surface area contributed by atoms with Crippen LogP contribution in [-0.4, -0.2) is 37.2 Å². The van der Waals surface area contributed by atoms with Gasteiger partial charge in [-0.2, -0.15) is 0 Å². The third-order valence-electron chi connectivity index (χ3n) is 3.14. The molecule has 2 aromatic rings. The van der Waals surface area contributed by atoms with E-state index in [4.69, 9.17) is 37.4 Å². The molecule has 0 aliphatic rings. The van der Waals surface area contributed by atoms with Crippen molar-refractivity contribution in [3.05, 3.63) is 46.1 Å². The number of nitrogens with zero attached hydrogens (tertiary/aromatic N) is 1. The molecule has 0 spiro atoms. The molecule has 26 heavy (non-hydrogen) atoms. The number of benzene rings is 1. The molecule has 1 aromatic carbocycles. The Kier molecular flexibility index (Phi) is 7.06. The number of amides is 1. The van der Waals surface area contributed by atoms with Gasteiger partial charge in [-0.15, -0.1) is 0 Å². The second kappa shape index (κ2) is 9.26. The molecule has 1 aromatic heterocycles. The third-order valence-corrected chi connectivity index (χ3v) is 3.81. The second-order valence-electron chi connectivity index (χ2n) is 5.06. The Morgan fingerprint density at radius 1 is 1.08 bits per heavy atom. The molecule has 138 valence electrons. The molecule has 0 saturated carbocycles. The minimum atomic E-state index is -0.692. The number of hydrogen-bond acceptors (Lipinski definition) is 6. The van der Waals surface area contributed by atoms with E-state index < -0.39 is 18.5 Å². The van der Waals surface area contributed by atoms with Crippen molar-refractivity contribution in [1.82, 2.24) is 4.98 Å². The summed E-state index contributed by atoms with van der Waals surface area (Å²) in [6.07, 6.45) is 0. The molecular weight excluding hydrogens is 383 g/mol. The fourth-order valence-electron chi connectivity index (χ4n) is 1.82. The molecule has 0 aliphatic carbocycles. The van der Waals surface area contributed by atoms with E-state index in [9.17, 15) is 9.59 Å². The van der Waals surface area contributed by atoms with E-state index in [1.54, 1.807) is 38.3 Å². The summed E-state index contributed by atoms with van der Waals surface area (Å²) in [4.78, 5) is 27.5. The van der Waals surface area contributed by atoms with E-state index in [1.807, 2.05) is 0 Å². The topological polar surface area (TPSA) is 86.8 Å². The lowest BCUT2D eigenvalue weighted by molar-refractivity contribution is -0.149. The summed E-state index contributed by atoms with van der Waals surface area (Å²) in [5.74, 6) is 0.00598. The molecule has 2 rings (SSSR count). The lowest BCUT2D eigenvalue weighted by Gasteiger charge is -2.09. The number of methoxy groups -OCH3 is 1. The zero-order valence-electron chi connectivity index (χ0n) is 14.0. The molecule has 0 unspecified atom stereocenters. The van der Waals surface area contributed by atoms with E-state index >= 15 is 0 Å². The molecule has 0 radical (unpaired) electrons. The fraction of sp³-hybridized carbons (Fsp3) is 0.235. The number of carbonyl (C=O) groups is 2. The van der Waals surface area contributed by atoms with Gasteiger partial charge in [-0.1, -0.05) is 23.2 Å². The molecule has 0 fully saturated rings. The van der Waals surface area contributed by atoms with Crippen LogP contribution in [-0.2, 0) is 14.3 Å². The van der Waals surface area contributed by atoms with Crippen molar-refractivity contribution in [3.63, 3.8) is 0 Å². The lowest BCUT2D eigenvalue weighted by Crippen LogP contribution is -2.24. The van der Waals surface area contributed by atoms with Crippen LogP contribution in [0.4, 0.5) is 5.82 Å². The van der Waals surface area contributed by atoms with Crippen molar-refractivity contribution in [2.75, 3.05) is 25.6 Å². The Morgan fingerprint density at radius 2 is 1.73 bits per heavy atom. The third kappa shape index (κ3) is 5.79. The van der Waals surface area contributed by atoms with Crippen LogP contribution in [0.2, 0.25) is 10.0 Å². The highest BCUT2D eigenvalue weighted by molar-refractivity contribution is 6.36. The highest BCUT2D eigenvalue weighted by Gasteiger charge is 2.12. The largest absolute Gasteiger partial charge is 0.497 e. The highest BCUT2D eigenvalue weighted by atomic mass is 35.5. The molecule has 0 saturated heterocycles. The van der Waals surface area contributed by atoms with E-state index in [2.05, 4.69) is 10.3 Å². The molecule has 1 heterocycles. The number of anilines is 1. The average Bonchev–Trinajstić information content (AvgIpc) is 2.63. The Morgan fingerprint density at radius 3 is 2.38 bits per heavy atom. The molecule has 0 bridgehead atoms. The Balaban J connectivity index is 1.77. The number of halogens is 2. The normalized spacial score (nSPS) is 10.2. The van der Waals surface area contributed by atoms with Gasteiger partial charge in [0.1, 0.15) is 11.5 Å². The number of hydrogen-bond donors (Lipinski definition) is 1. The van der Waals surface area contributed by atoms with Crippen molar-refractivity contribution in [2.45, 2.75) is 6.92 Å². The Bertz CT molecular complexity index is 796. The number of pyridine rings is 1. The van der Waals surface area contributed by atoms with Gasteiger partial charge in [-0.05, 0) is 37.3 Å². The van der Waals surface area contributed by atoms with Crippen molar-refractivity contribution >= 4 is 40.9 Å². The molecular formula is C17H16Cl2N2O5. The van der Waals surface area contributed by atoms with Crippen molar-refractivity contribution in [3.8, 4) is 11.5 Å². The van der Waals surface area contributed by atoms with Gasteiger partial charge in [-0.25, -0.2) is 9.78 Å². The van der Waals surface area contributed by atoms with E-state index in [1.165, 1.54) is 6.07 Å². The number of esters is 1. The van der Waals surface area contributed by atoms with Crippen molar-refractivity contribution < 1.29 is 23.8 Å². The van der Waals surface area contributed by atoms with Crippen LogP contribution in [0.5, 0.6) is 11.5 Å². The van der Waals surface area contributed by atoms with Crippen LogP contribution in [0.1, 0.15) is 5.69 Å². The predicted molar refractivity (Wildman–Crippen MR) is 97.1 cm³/mol. The first-order valence-electron chi connectivity index (χ1n) is 7.44. The van der Waals surface area contributed by atoms with Crippen LogP contribution in [0.3, 0.4) is 0 Å². The van der Waals surface area contributed by atoms with E-state index in [0.29, 0.717) is 22.2 Å². The highest BCUT2D eigenvalue weighted by Crippen LogP contribution is 2.25. The fourth-order valence-corrected chi connectivity index (χ4v) is 2.22. The summed E-state index contributed by atoms with van der Waals surface area (Å²) >= 11 is 11.8. The quantitative estimate of drug-likeness (QED) is 0.720. The molecule has 0 aliphatic heterocycles. The first-order chi connectivity index (χ1) is 12.4. The van der Waals surface area contributed by atoms with Gasteiger partial charge < -0.3 is 19.5 Å². The number of aromatic nitrogens is 1. The maximum absolute atomic E-state index is 11.8. The zero-order valence-corrected chi connectivity index (χ0v) is 15.6. The average molecular weight is 399 g/mol. The van der Waals surface area contributed by atoms with Crippen molar-refractivity contribution in [2.24, 2.45) is 0 Å². The monoisotopic (exact) mass is 398 g/mol. The molecule has 9 heteroatoms. The van der Waals surface area contributed by atoms with Crippen LogP contribution in [0, 0.1) is 6.92 Å². The Hall–Kier alpha value is -2.51. The predicted octanol–water partition coefficient (Wildman–Crippen LogP) is 3.27. The first-order valence-corrected chi connectivity index (χ1v) is 8.19. The summed E-state index contributed by atoms with van der Waals surface area (Å²) in [6.45, 7) is 0.841. The minimum Gasteiger partial charge on any atom is -0.497 e. The maximum atomic E-state index is 11.8. The van der Waals surface area contributed by atoms with Gasteiger partial charge in [0, 0.05) is 0 Å². The number of ether oxygens (including phenoxy) is 3. The molecule has 7 nitrogen and oxygen atoms in total. The summed E-state index contributed by atoms with van der Waals surface area (Å²) < 4.78 is 15.1. The van der Waals surface area contributed by atoms with Gasteiger partial charge in [0.25, 0.3) is 5.91 Å². The van der Waals surface area contributed by atoms with Crippen LogP contribution in [0.25, 0.3) is 0 Å². The standard InChI is InChI=1S/C17H16Cl2N2O5/c1-10-13(18)7-14(19)17(20-10)21-15(22)8-26-16(23)9-25-12-5-3-11(24-2)4-6-12/h3-7H,8-9H2,1-2H3,(H,20,21,22). The Labute approximate surface area is 160 Å². The van der Waals surface area contributed by atoms with Gasteiger partial charge in [-0.3, -0.25) is 4.79 Å². The van der Waals surface area contributed by atoms with E-state index in [-0.39, 0.29) is 17.4 Å². The van der Waals surface area contributed by atoms with Gasteiger partial charge in [0.2, 0.25) is 0 Å². The summed E-state index contributed by atoms with van der Waals surface area (Å²) in [5.41, 5.74) is 0.510. The van der Waals surface area contributed by atoms with Gasteiger partial charge in [0.15, 0.2) is 19.0 Å². The molecule has 1 amide bonds. The SMILES string of the molecule is COc1ccc(OCC(=O)OCC(=O)Nc2nc(C)c(Cl)cc2Cl)cc1. The number of carbonyl (C=O) groups excluding carboxylic acids is 2. The first kappa shape index (κ1) is 19.8. The smallest absolute Gasteiger partial charge is 0.344 e. The number of nitrogens with one attached hydrogen (secondary N) is 1. The lowest BCUT2D eigenvalue weighted by atomic mass is 10.3. The second-order valence-corrected chi connectivity index (χ2v) is 5.87.